The predicted octanol–water partition coefficient (Wildman–Crippen LogP) is 1.18. The Hall–Kier alpha value is -1.41. The zero-order valence-electron chi connectivity index (χ0n) is 13.1. The van der Waals surface area contributed by atoms with Gasteiger partial charge in [0.2, 0.25) is 0 Å². The Labute approximate surface area is 126 Å². The number of hydrogen-bond acceptors (Lipinski definition) is 4. The van der Waals surface area contributed by atoms with Crippen molar-refractivity contribution in [3.63, 3.8) is 0 Å². The molecular weight excluding hydrogens is 290 g/mol. The number of hydrogen-bond donors (Lipinski definition) is 2. The Balaban J connectivity index is 3.07. The number of rotatable bonds is 8. The largest absolute Gasteiger partial charge is 0.387 e. The molecule has 1 heterocycles. The lowest BCUT2D eigenvalue weighted by Gasteiger charge is -2.22. The number of aromatic nitrogens is 2. The van der Waals surface area contributed by atoms with Crippen LogP contribution >= 0.6 is 0 Å². The molecule has 21 heavy (non-hydrogen) atoms. The van der Waals surface area contributed by atoms with E-state index >= 15 is 0 Å². The van der Waals surface area contributed by atoms with Gasteiger partial charge in [-0.25, -0.2) is 13.4 Å². The maximum Gasteiger partial charge on any atom is 0.262 e. The van der Waals surface area contributed by atoms with Gasteiger partial charge in [-0.2, -0.15) is 4.31 Å². The van der Waals surface area contributed by atoms with E-state index in [4.69, 9.17) is 11.1 Å². The molecule has 7 nitrogen and oxygen atoms in total. The molecule has 0 aliphatic heterocycles. The minimum Gasteiger partial charge on any atom is -0.387 e. The number of imidazole rings is 1. The first-order chi connectivity index (χ1) is 9.73. The average Bonchev–Trinajstić information content (AvgIpc) is 2.78. The van der Waals surface area contributed by atoms with Crippen LogP contribution in [-0.2, 0) is 16.6 Å². The van der Waals surface area contributed by atoms with Crippen molar-refractivity contribution in [1.29, 1.82) is 5.41 Å². The van der Waals surface area contributed by atoms with Crippen molar-refractivity contribution in [3.05, 3.63) is 12.0 Å². The van der Waals surface area contributed by atoms with Gasteiger partial charge < -0.3 is 10.3 Å². The monoisotopic (exact) mass is 315 g/mol. The topological polar surface area (TPSA) is 105 Å². The smallest absolute Gasteiger partial charge is 0.262 e. The van der Waals surface area contributed by atoms with E-state index in [1.807, 2.05) is 11.5 Å². The van der Waals surface area contributed by atoms with Crippen LogP contribution in [0.4, 0.5) is 0 Å². The van der Waals surface area contributed by atoms with E-state index in [0.717, 1.165) is 13.0 Å². The van der Waals surface area contributed by atoms with Crippen LogP contribution in [0.3, 0.4) is 0 Å². The van der Waals surface area contributed by atoms with E-state index in [1.165, 1.54) is 4.31 Å². The summed E-state index contributed by atoms with van der Waals surface area (Å²) >= 11 is 0. The molecule has 0 spiro atoms. The van der Waals surface area contributed by atoms with Crippen molar-refractivity contribution >= 4 is 15.9 Å². The molecule has 3 N–H and O–H groups in total. The van der Waals surface area contributed by atoms with Crippen molar-refractivity contribution < 1.29 is 8.42 Å². The van der Waals surface area contributed by atoms with E-state index in [1.54, 1.807) is 27.0 Å². The maximum atomic E-state index is 12.6. The molecular formula is C13H25N5O2S. The highest BCUT2D eigenvalue weighted by Crippen LogP contribution is 2.17. The van der Waals surface area contributed by atoms with Crippen LogP contribution in [0.25, 0.3) is 0 Å². The lowest BCUT2D eigenvalue weighted by atomic mass is 10.1. The Bertz CT molecular complexity index is 594. The van der Waals surface area contributed by atoms with E-state index < -0.39 is 10.0 Å². The number of nitrogens with zero attached hydrogens (tertiary/aromatic N) is 3. The molecule has 0 saturated heterocycles. The summed E-state index contributed by atoms with van der Waals surface area (Å²) < 4.78 is 28.4. The molecule has 1 aromatic rings. The molecule has 0 saturated carbocycles. The summed E-state index contributed by atoms with van der Waals surface area (Å²) in [5.74, 6) is 0.348. The van der Waals surface area contributed by atoms with Gasteiger partial charge in [0.25, 0.3) is 10.0 Å². The Kier molecular flexibility index (Phi) is 5.91. The first-order valence-electron chi connectivity index (χ1n) is 7.11. The SMILES string of the molecule is CCCn1cc(S(=O)(=O)N(CC)CC(C)C(=N)N)nc1C. The molecule has 0 aromatic carbocycles. The van der Waals surface area contributed by atoms with E-state index in [9.17, 15) is 8.42 Å². The highest BCUT2D eigenvalue weighted by Gasteiger charge is 2.28. The molecule has 1 aromatic heterocycles. The van der Waals surface area contributed by atoms with Gasteiger partial charge in [0, 0.05) is 31.7 Å². The van der Waals surface area contributed by atoms with Crippen molar-refractivity contribution in [1.82, 2.24) is 13.9 Å². The second-order valence-corrected chi connectivity index (χ2v) is 7.02. The number of amidine groups is 1. The Morgan fingerprint density at radius 2 is 2.14 bits per heavy atom. The molecule has 1 unspecified atom stereocenters. The average molecular weight is 315 g/mol. The number of sulfonamides is 1. The van der Waals surface area contributed by atoms with Crippen LogP contribution in [0.1, 0.15) is 33.0 Å². The Morgan fingerprint density at radius 1 is 1.52 bits per heavy atom. The minimum absolute atomic E-state index is 0.0173. The van der Waals surface area contributed by atoms with E-state index in [2.05, 4.69) is 4.98 Å². The first kappa shape index (κ1) is 17.6. The highest BCUT2D eigenvalue weighted by atomic mass is 32.2. The Morgan fingerprint density at radius 3 is 2.62 bits per heavy atom. The third-order valence-electron chi connectivity index (χ3n) is 3.38. The zero-order valence-corrected chi connectivity index (χ0v) is 13.9. The van der Waals surface area contributed by atoms with Gasteiger partial charge in [-0.15, -0.1) is 0 Å². The fourth-order valence-electron chi connectivity index (χ4n) is 2.00. The summed E-state index contributed by atoms with van der Waals surface area (Å²) in [5, 5.41) is 7.47. The second kappa shape index (κ2) is 7.04. The molecule has 1 atom stereocenters. The van der Waals surface area contributed by atoms with E-state index in [-0.39, 0.29) is 23.3 Å². The van der Waals surface area contributed by atoms with Crippen molar-refractivity contribution in [2.75, 3.05) is 13.1 Å². The zero-order chi connectivity index (χ0) is 16.2. The third-order valence-corrected chi connectivity index (χ3v) is 5.20. The number of aryl methyl sites for hydroxylation is 2. The normalized spacial score (nSPS) is 13.6. The van der Waals surface area contributed by atoms with E-state index in [0.29, 0.717) is 12.4 Å². The van der Waals surface area contributed by atoms with Crippen LogP contribution in [0, 0.1) is 18.3 Å². The van der Waals surface area contributed by atoms with Crippen LogP contribution < -0.4 is 5.73 Å². The van der Waals surface area contributed by atoms with Crippen LogP contribution in [0.15, 0.2) is 11.2 Å². The van der Waals surface area contributed by atoms with Crippen molar-refractivity contribution in [2.45, 2.75) is 45.7 Å². The maximum absolute atomic E-state index is 12.6. The number of nitrogens with two attached hydrogens (primary N) is 1. The van der Waals surface area contributed by atoms with Gasteiger partial charge in [-0.3, -0.25) is 5.41 Å². The molecule has 0 bridgehead atoms. The van der Waals surface area contributed by atoms with Crippen LogP contribution in [0.5, 0.6) is 0 Å². The molecule has 0 aliphatic rings. The summed E-state index contributed by atoms with van der Waals surface area (Å²) in [6.45, 7) is 8.57. The minimum atomic E-state index is -3.65. The molecule has 0 amide bonds. The predicted molar refractivity (Wildman–Crippen MR) is 82.8 cm³/mol. The van der Waals surface area contributed by atoms with Crippen LogP contribution in [0.2, 0.25) is 0 Å². The summed E-state index contributed by atoms with van der Waals surface area (Å²) in [6.07, 6.45) is 2.49. The van der Waals surface area contributed by atoms with Crippen LogP contribution in [-0.4, -0.2) is 41.2 Å². The summed E-state index contributed by atoms with van der Waals surface area (Å²) in [7, 11) is -3.65. The van der Waals surface area contributed by atoms with Gasteiger partial charge >= 0.3 is 0 Å². The molecule has 0 radical (unpaired) electrons. The first-order valence-corrected chi connectivity index (χ1v) is 8.55. The quantitative estimate of drug-likeness (QED) is 0.555. The molecule has 0 aliphatic carbocycles. The van der Waals surface area contributed by atoms with Gasteiger partial charge in [-0.05, 0) is 13.3 Å². The fourth-order valence-corrected chi connectivity index (χ4v) is 3.54. The number of nitrogens with one attached hydrogen (secondary N) is 1. The standard InChI is InChI=1S/C13H25N5O2S/c1-5-7-17-9-12(16-11(17)4)21(19,20)18(6-2)8-10(3)13(14)15/h9-10H,5-8H2,1-4H3,(H3,14,15). The van der Waals surface area contributed by atoms with Crippen molar-refractivity contribution in [3.8, 4) is 0 Å². The highest BCUT2D eigenvalue weighted by molar-refractivity contribution is 7.89. The third kappa shape index (κ3) is 4.04. The fraction of sp³-hybridized carbons (Fsp3) is 0.692. The summed E-state index contributed by atoms with van der Waals surface area (Å²) in [4.78, 5) is 4.17. The van der Waals surface area contributed by atoms with Gasteiger partial charge in [0.05, 0.1) is 5.84 Å². The molecule has 1 rings (SSSR count). The summed E-state index contributed by atoms with van der Waals surface area (Å²) in [6, 6.07) is 0. The molecule has 8 heteroatoms. The lowest BCUT2D eigenvalue weighted by Crippen LogP contribution is -2.38. The van der Waals surface area contributed by atoms with Gasteiger partial charge in [-0.1, -0.05) is 20.8 Å². The molecule has 120 valence electrons. The molecule has 0 fully saturated rings. The van der Waals surface area contributed by atoms with Gasteiger partial charge in [0.1, 0.15) is 5.82 Å². The van der Waals surface area contributed by atoms with Gasteiger partial charge in [0.15, 0.2) is 5.03 Å². The lowest BCUT2D eigenvalue weighted by molar-refractivity contribution is 0.402. The second-order valence-electron chi connectivity index (χ2n) is 5.13. The van der Waals surface area contributed by atoms with Crippen molar-refractivity contribution in [2.24, 2.45) is 11.7 Å². The summed E-state index contributed by atoms with van der Waals surface area (Å²) in [5.41, 5.74) is 5.43.